The molecule has 1 amide bonds. The van der Waals surface area contributed by atoms with Crippen LogP contribution in [0.5, 0.6) is 0 Å². The Morgan fingerprint density at radius 3 is 2.71 bits per heavy atom. The van der Waals surface area contributed by atoms with Crippen molar-refractivity contribution in [2.45, 2.75) is 31.6 Å². The first-order valence-corrected chi connectivity index (χ1v) is 5.17. The summed E-state index contributed by atoms with van der Waals surface area (Å²) in [4.78, 5) is 12.9. The Kier molecular flexibility index (Phi) is 4.11. The molecule has 0 spiro atoms. The molecule has 1 saturated heterocycles. The van der Waals surface area contributed by atoms with Crippen LogP contribution in [0.1, 0.15) is 19.8 Å². The van der Waals surface area contributed by atoms with Gasteiger partial charge in [-0.15, -0.1) is 11.6 Å². The molecule has 0 aromatic rings. The van der Waals surface area contributed by atoms with Gasteiger partial charge in [0.1, 0.15) is 5.38 Å². The van der Waals surface area contributed by atoms with Crippen LogP contribution in [0.3, 0.4) is 0 Å². The molecule has 0 N–H and O–H groups in total. The molecule has 1 aliphatic heterocycles. The summed E-state index contributed by atoms with van der Waals surface area (Å²) in [5, 5.41) is -0.619. The van der Waals surface area contributed by atoms with E-state index in [0.717, 1.165) is 0 Å². The fourth-order valence-electron chi connectivity index (χ4n) is 1.67. The maximum Gasteiger partial charge on any atom is 0.243 e. The van der Waals surface area contributed by atoms with Gasteiger partial charge in [0, 0.05) is 19.0 Å². The summed E-state index contributed by atoms with van der Waals surface area (Å²) in [6.07, 6.45) is -1.20. The van der Waals surface area contributed by atoms with Gasteiger partial charge in [-0.1, -0.05) is 0 Å². The lowest BCUT2D eigenvalue weighted by molar-refractivity contribution is -0.133. The molecule has 0 aromatic heterocycles. The number of carbonyl (C=O) groups excluding carboxylic acids is 1. The summed E-state index contributed by atoms with van der Waals surface area (Å²) >= 11 is 5.61. The smallest absolute Gasteiger partial charge is 0.243 e. The molecule has 5 heteroatoms. The van der Waals surface area contributed by atoms with Gasteiger partial charge < -0.3 is 4.90 Å². The van der Waals surface area contributed by atoms with E-state index in [1.165, 1.54) is 4.90 Å². The van der Waals surface area contributed by atoms with Crippen LogP contribution in [0, 0.1) is 5.92 Å². The average molecular weight is 226 g/mol. The van der Waals surface area contributed by atoms with Crippen molar-refractivity contribution >= 4 is 17.5 Å². The third-order valence-corrected chi connectivity index (χ3v) is 2.65. The molecule has 0 aliphatic carbocycles. The van der Waals surface area contributed by atoms with Crippen molar-refractivity contribution in [3.8, 4) is 0 Å². The highest BCUT2D eigenvalue weighted by Gasteiger charge is 2.30. The Hall–Kier alpha value is -0.380. The average Bonchev–Trinajstić information content (AvgIpc) is 2.16. The zero-order chi connectivity index (χ0) is 10.7. The molecule has 1 rings (SSSR count). The summed E-state index contributed by atoms with van der Waals surface area (Å²) in [6.45, 7) is 2.27. The number of carbonyl (C=O) groups is 1. The number of amides is 1. The lowest BCUT2D eigenvalue weighted by atomic mass is 9.98. The van der Waals surface area contributed by atoms with Gasteiger partial charge in [0.2, 0.25) is 12.3 Å². The first-order chi connectivity index (χ1) is 6.52. The number of hydrogen-bond acceptors (Lipinski definition) is 1. The van der Waals surface area contributed by atoms with E-state index < -0.39 is 17.7 Å². The third-order valence-electron chi connectivity index (χ3n) is 2.47. The van der Waals surface area contributed by atoms with E-state index >= 15 is 0 Å². The van der Waals surface area contributed by atoms with Gasteiger partial charge in [-0.2, -0.15) is 0 Å². The number of hydrogen-bond donors (Lipinski definition) is 0. The van der Waals surface area contributed by atoms with Crippen LogP contribution >= 0.6 is 11.6 Å². The van der Waals surface area contributed by atoms with Gasteiger partial charge in [-0.05, 0) is 19.8 Å². The summed E-state index contributed by atoms with van der Waals surface area (Å²) < 4.78 is 24.8. The van der Waals surface area contributed by atoms with E-state index in [2.05, 4.69) is 0 Å². The highest BCUT2D eigenvalue weighted by atomic mass is 35.5. The van der Waals surface area contributed by atoms with Crippen LogP contribution in [0.25, 0.3) is 0 Å². The second kappa shape index (κ2) is 4.91. The normalized spacial score (nSPS) is 25.2. The second-order valence-corrected chi connectivity index (χ2v) is 4.29. The molecule has 1 aliphatic rings. The topological polar surface area (TPSA) is 20.3 Å². The van der Waals surface area contributed by atoms with Gasteiger partial charge in [-0.25, -0.2) is 8.78 Å². The number of alkyl halides is 3. The molecule has 2 atom stereocenters. The van der Waals surface area contributed by atoms with Gasteiger partial charge in [0.15, 0.2) is 0 Å². The van der Waals surface area contributed by atoms with Crippen molar-refractivity contribution in [2.75, 3.05) is 13.1 Å². The zero-order valence-electron chi connectivity index (χ0n) is 8.05. The summed E-state index contributed by atoms with van der Waals surface area (Å²) in [7, 11) is 0. The maximum atomic E-state index is 12.4. The minimum absolute atomic E-state index is 0.146. The number of piperidine rings is 1. The van der Waals surface area contributed by atoms with Crippen LogP contribution < -0.4 is 0 Å². The minimum atomic E-state index is -2.34. The lowest BCUT2D eigenvalue weighted by Crippen LogP contribution is -2.44. The fourth-order valence-corrected chi connectivity index (χ4v) is 1.81. The molecule has 0 radical (unpaired) electrons. The highest BCUT2D eigenvalue weighted by Crippen LogP contribution is 2.23. The molecule has 0 bridgehead atoms. The summed E-state index contributed by atoms with van der Waals surface area (Å²) in [5.41, 5.74) is 0. The molecule has 14 heavy (non-hydrogen) atoms. The Bertz CT molecular complexity index is 211. The number of rotatable bonds is 2. The first kappa shape index (κ1) is 11.7. The number of likely N-dealkylation sites (tertiary alicyclic amines) is 1. The standard InChI is InChI=1S/C9H14ClF2NO/c1-6(10)9(14)13-4-2-3-7(5-13)8(11)12/h6-8H,2-5H2,1H3. The van der Waals surface area contributed by atoms with Gasteiger partial charge >= 0.3 is 0 Å². The molecule has 82 valence electrons. The monoisotopic (exact) mass is 225 g/mol. The number of nitrogens with zero attached hydrogens (tertiary/aromatic N) is 1. The molecule has 1 heterocycles. The largest absolute Gasteiger partial charge is 0.341 e. The predicted octanol–water partition coefficient (Wildman–Crippen LogP) is 2.12. The van der Waals surface area contributed by atoms with E-state index in [9.17, 15) is 13.6 Å². The highest BCUT2D eigenvalue weighted by molar-refractivity contribution is 6.30. The van der Waals surface area contributed by atoms with Crippen molar-refractivity contribution < 1.29 is 13.6 Å². The second-order valence-electron chi connectivity index (χ2n) is 3.64. The Morgan fingerprint density at radius 2 is 2.21 bits per heavy atom. The third kappa shape index (κ3) is 2.80. The molecular weight excluding hydrogens is 212 g/mol. The SMILES string of the molecule is CC(Cl)C(=O)N1CCCC(C(F)F)C1. The van der Waals surface area contributed by atoms with Crippen molar-refractivity contribution in [3.63, 3.8) is 0 Å². The van der Waals surface area contributed by atoms with Gasteiger partial charge in [0.25, 0.3) is 0 Å². The lowest BCUT2D eigenvalue weighted by Gasteiger charge is -2.32. The van der Waals surface area contributed by atoms with E-state index in [0.29, 0.717) is 19.4 Å². The van der Waals surface area contributed by atoms with Crippen LogP contribution in [-0.2, 0) is 4.79 Å². The van der Waals surface area contributed by atoms with E-state index in [1.807, 2.05) is 0 Å². The fraction of sp³-hybridized carbons (Fsp3) is 0.889. The zero-order valence-corrected chi connectivity index (χ0v) is 8.81. The van der Waals surface area contributed by atoms with Crippen molar-refractivity contribution in [1.82, 2.24) is 4.90 Å². The van der Waals surface area contributed by atoms with Gasteiger partial charge in [-0.3, -0.25) is 4.79 Å². The van der Waals surface area contributed by atoms with Crippen LogP contribution in [0.2, 0.25) is 0 Å². The van der Waals surface area contributed by atoms with Crippen molar-refractivity contribution in [1.29, 1.82) is 0 Å². The molecule has 0 aromatic carbocycles. The Morgan fingerprint density at radius 1 is 1.57 bits per heavy atom. The van der Waals surface area contributed by atoms with Crippen LogP contribution in [-0.4, -0.2) is 35.7 Å². The molecular formula is C9H14ClF2NO. The summed E-state index contributed by atoms with van der Waals surface area (Å²) in [6, 6.07) is 0. The summed E-state index contributed by atoms with van der Waals surface area (Å²) in [5.74, 6) is -0.917. The maximum absolute atomic E-state index is 12.4. The van der Waals surface area contributed by atoms with Crippen LogP contribution in [0.15, 0.2) is 0 Å². The Balaban J connectivity index is 2.51. The quantitative estimate of drug-likeness (QED) is 0.660. The number of halogens is 3. The molecule has 1 fully saturated rings. The molecule has 0 saturated carbocycles. The van der Waals surface area contributed by atoms with E-state index in [-0.39, 0.29) is 12.5 Å². The first-order valence-electron chi connectivity index (χ1n) is 4.73. The molecule has 2 unspecified atom stereocenters. The molecule has 2 nitrogen and oxygen atoms in total. The van der Waals surface area contributed by atoms with Crippen molar-refractivity contribution in [3.05, 3.63) is 0 Å². The van der Waals surface area contributed by atoms with Gasteiger partial charge in [0.05, 0.1) is 0 Å². The van der Waals surface area contributed by atoms with Crippen molar-refractivity contribution in [2.24, 2.45) is 5.92 Å². The van der Waals surface area contributed by atoms with Crippen LogP contribution in [0.4, 0.5) is 8.78 Å². The van der Waals surface area contributed by atoms with E-state index in [1.54, 1.807) is 6.92 Å². The Labute approximate surface area is 87.2 Å². The van der Waals surface area contributed by atoms with E-state index in [4.69, 9.17) is 11.6 Å². The predicted molar refractivity (Wildman–Crippen MR) is 50.6 cm³/mol. The minimum Gasteiger partial charge on any atom is -0.341 e.